The summed E-state index contributed by atoms with van der Waals surface area (Å²) in [6.45, 7) is 5.10. The number of anilines is 1. The molecule has 0 aliphatic heterocycles. The van der Waals surface area contributed by atoms with Crippen LogP contribution in [0.15, 0.2) is 47.3 Å². The predicted octanol–water partition coefficient (Wildman–Crippen LogP) is 4.39. The fourth-order valence-electron chi connectivity index (χ4n) is 2.34. The van der Waals surface area contributed by atoms with Crippen LogP contribution in [0.2, 0.25) is 0 Å². The van der Waals surface area contributed by atoms with Gasteiger partial charge < -0.3 is 5.32 Å². The summed E-state index contributed by atoms with van der Waals surface area (Å²) in [5, 5.41) is 8.97. The first kappa shape index (κ1) is 14.1. The molecule has 0 radical (unpaired) electrons. The molecule has 5 heteroatoms. The Kier molecular flexibility index (Phi) is 3.92. The van der Waals surface area contributed by atoms with Crippen molar-refractivity contribution in [2.45, 2.75) is 26.4 Å². The minimum absolute atomic E-state index is 0.182. The van der Waals surface area contributed by atoms with Crippen LogP contribution in [0.3, 0.4) is 0 Å². The number of halogens is 1. The van der Waals surface area contributed by atoms with Gasteiger partial charge in [0.2, 0.25) is 0 Å². The standard InChI is InChI=1S/C16H17BrN4/c1-3-21-10-13(8-19-21)11(2)20-15-6-4-5-12-7-14(17)9-18-16(12)15/h4-11,20H,3H2,1-2H3. The molecule has 21 heavy (non-hydrogen) atoms. The highest BCUT2D eigenvalue weighted by Crippen LogP contribution is 2.27. The van der Waals surface area contributed by atoms with E-state index < -0.39 is 0 Å². The van der Waals surface area contributed by atoms with E-state index in [1.165, 1.54) is 5.56 Å². The lowest BCUT2D eigenvalue weighted by Gasteiger charge is -2.15. The lowest BCUT2D eigenvalue weighted by atomic mass is 10.1. The maximum Gasteiger partial charge on any atom is 0.0934 e. The number of rotatable bonds is 4. The monoisotopic (exact) mass is 344 g/mol. The first-order chi connectivity index (χ1) is 10.2. The van der Waals surface area contributed by atoms with Gasteiger partial charge in [-0.3, -0.25) is 9.67 Å². The zero-order chi connectivity index (χ0) is 14.8. The number of nitrogens with one attached hydrogen (secondary N) is 1. The minimum Gasteiger partial charge on any atom is -0.377 e. The van der Waals surface area contributed by atoms with Crippen molar-refractivity contribution in [1.29, 1.82) is 0 Å². The Hall–Kier alpha value is -1.88. The van der Waals surface area contributed by atoms with Gasteiger partial charge in [-0.2, -0.15) is 5.10 Å². The Morgan fingerprint density at radius 2 is 2.19 bits per heavy atom. The summed E-state index contributed by atoms with van der Waals surface area (Å²) >= 11 is 3.46. The molecule has 108 valence electrons. The first-order valence-corrected chi connectivity index (χ1v) is 7.80. The molecule has 1 N–H and O–H groups in total. The van der Waals surface area contributed by atoms with E-state index in [1.807, 2.05) is 23.1 Å². The van der Waals surface area contributed by atoms with Gasteiger partial charge in [0.05, 0.1) is 23.4 Å². The summed E-state index contributed by atoms with van der Waals surface area (Å²) in [5.74, 6) is 0. The Morgan fingerprint density at radius 1 is 1.33 bits per heavy atom. The van der Waals surface area contributed by atoms with Crippen LogP contribution in [-0.4, -0.2) is 14.8 Å². The second-order valence-electron chi connectivity index (χ2n) is 5.03. The molecule has 0 saturated carbocycles. The number of pyridine rings is 1. The van der Waals surface area contributed by atoms with Crippen molar-refractivity contribution in [1.82, 2.24) is 14.8 Å². The zero-order valence-corrected chi connectivity index (χ0v) is 13.6. The lowest BCUT2D eigenvalue weighted by molar-refractivity contribution is 0.658. The average molecular weight is 345 g/mol. The largest absolute Gasteiger partial charge is 0.377 e. The molecule has 0 saturated heterocycles. The van der Waals surface area contributed by atoms with Gasteiger partial charge in [0.15, 0.2) is 0 Å². The average Bonchev–Trinajstić information content (AvgIpc) is 2.96. The van der Waals surface area contributed by atoms with Crippen molar-refractivity contribution >= 4 is 32.5 Å². The number of aryl methyl sites for hydroxylation is 1. The van der Waals surface area contributed by atoms with Gasteiger partial charge in [-0.15, -0.1) is 0 Å². The number of benzene rings is 1. The van der Waals surface area contributed by atoms with E-state index in [1.54, 1.807) is 0 Å². The Labute approximate surface area is 132 Å². The van der Waals surface area contributed by atoms with Crippen LogP contribution in [0.1, 0.15) is 25.5 Å². The van der Waals surface area contributed by atoms with Crippen molar-refractivity contribution in [2.24, 2.45) is 0 Å². The van der Waals surface area contributed by atoms with Crippen LogP contribution in [-0.2, 0) is 6.54 Å². The van der Waals surface area contributed by atoms with Gasteiger partial charge in [0.1, 0.15) is 0 Å². The van der Waals surface area contributed by atoms with E-state index in [4.69, 9.17) is 0 Å². The molecule has 0 aliphatic carbocycles. The van der Waals surface area contributed by atoms with Crippen LogP contribution in [0.5, 0.6) is 0 Å². The molecule has 0 spiro atoms. The van der Waals surface area contributed by atoms with Gasteiger partial charge in [-0.25, -0.2) is 0 Å². The molecule has 1 atom stereocenters. The number of nitrogens with zero attached hydrogens (tertiary/aromatic N) is 3. The van der Waals surface area contributed by atoms with E-state index in [0.717, 1.165) is 27.6 Å². The van der Waals surface area contributed by atoms with E-state index in [0.29, 0.717) is 0 Å². The Morgan fingerprint density at radius 3 is 2.95 bits per heavy atom. The van der Waals surface area contributed by atoms with E-state index >= 15 is 0 Å². The summed E-state index contributed by atoms with van der Waals surface area (Å²) in [6.07, 6.45) is 5.82. The van der Waals surface area contributed by atoms with Gasteiger partial charge in [-0.05, 0) is 41.9 Å². The first-order valence-electron chi connectivity index (χ1n) is 7.00. The molecule has 3 aromatic rings. The topological polar surface area (TPSA) is 42.7 Å². The summed E-state index contributed by atoms with van der Waals surface area (Å²) in [5.41, 5.74) is 3.19. The fourth-order valence-corrected chi connectivity index (χ4v) is 2.69. The summed E-state index contributed by atoms with van der Waals surface area (Å²) in [7, 11) is 0. The maximum absolute atomic E-state index is 4.52. The molecule has 0 amide bonds. The van der Waals surface area contributed by atoms with Crippen molar-refractivity contribution in [3.05, 3.63) is 52.9 Å². The SMILES string of the molecule is CCn1cc(C(C)Nc2cccc3cc(Br)cnc23)cn1. The molecule has 1 aromatic carbocycles. The van der Waals surface area contributed by atoms with Crippen molar-refractivity contribution < 1.29 is 0 Å². The summed E-state index contributed by atoms with van der Waals surface area (Å²) < 4.78 is 2.93. The van der Waals surface area contributed by atoms with Crippen molar-refractivity contribution in [3.63, 3.8) is 0 Å². The maximum atomic E-state index is 4.52. The van der Waals surface area contributed by atoms with Gasteiger partial charge in [0.25, 0.3) is 0 Å². The third-order valence-electron chi connectivity index (χ3n) is 3.53. The van der Waals surface area contributed by atoms with Crippen LogP contribution in [0.25, 0.3) is 10.9 Å². The summed E-state index contributed by atoms with van der Waals surface area (Å²) in [4.78, 5) is 4.52. The second kappa shape index (κ2) is 5.85. The third-order valence-corrected chi connectivity index (χ3v) is 3.96. The van der Waals surface area contributed by atoms with Crippen LogP contribution in [0.4, 0.5) is 5.69 Å². The van der Waals surface area contributed by atoms with E-state index in [2.05, 4.69) is 69.6 Å². The predicted molar refractivity (Wildman–Crippen MR) is 89.4 cm³/mol. The lowest BCUT2D eigenvalue weighted by Crippen LogP contribution is -2.06. The quantitative estimate of drug-likeness (QED) is 0.763. The van der Waals surface area contributed by atoms with E-state index in [9.17, 15) is 0 Å². The van der Waals surface area contributed by atoms with Gasteiger partial charge in [0, 0.05) is 34.4 Å². The highest BCUT2D eigenvalue weighted by atomic mass is 79.9. The number of aromatic nitrogens is 3. The highest BCUT2D eigenvalue weighted by molar-refractivity contribution is 9.10. The molecule has 0 fully saturated rings. The molecular formula is C16H17BrN4. The van der Waals surface area contributed by atoms with Crippen LogP contribution in [0, 0.1) is 0 Å². The normalized spacial score (nSPS) is 12.5. The minimum atomic E-state index is 0.182. The second-order valence-corrected chi connectivity index (χ2v) is 5.94. The zero-order valence-electron chi connectivity index (χ0n) is 12.0. The molecule has 4 nitrogen and oxygen atoms in total. The van der Waals surface area contributed by atoms with Gasteiger partial charge >= 0.3 is 0 Å². The molecule has 0 aliphatic rings. The molecule has 3 rings (SSSR count). The van der Waals surface area contributed by atoms with Gasteiger partial charge in [-0.1, -0.05) is 12.1 Å². The number of hydrogen-bond acceptors (Lipinski definition) is 3. The fraction of sp³-hybridized carbons (Fsp3) is 0.250. The summed E-state index contributed by atoms with van der Waals surface area (Å²) in [6, 6.07) is 8.43. The molecular weight excluding hydrogens is 328 g/mol. The highest BCUT2D eigenvalue weighted by Gasteiger charge is 2.10. The Balaban J connectivity index is 1.90. The molecule has 0 bridgehead atoms. The Bertz CT molecular complexity index is 766. The third kappa shape index (κ3) is 2.93. The molecule has 1 unspecified atom stereocenters. The number of para-hydroxylation sites is 1. The smallest absolute Gasteiger partial charge is 0.0934 e. The van der Waals surface area contributed by atoms with Crippen LogP contribution >= 0.6 is 15.9 Å². The van der Waals surface area contributed by atoms with E-state index in [-0.39, 0.29) is 6.04 Å². The van der Waals surface area contributed by atoms with Crippen molar-refractivity contribution in [2.75, 3.05) is 5.32 Å². The molecule has 2 aromatic heterocycles. The van der Waals surface area contributed by atoms with Crippen LogP contribution < -0.4 is 5.32 Å². The number of hydrogen-bond donors (Lipinski definition) is 1. The molecule has 2 heterocycles. The number of fused-ring (bicyclic) bond motifs is 1. The van der Waals surface area contributed by atoms with Crippen molar-refractivity contribution in [3.8, 4) is 0 Å².